The summed E-state index contributed by atoms with van der Waals surface area (Å²) in [7, 11) is 3.47. The number of ether oxygens (including phenoxy) is 1. The molecule has 0 aromatic heterocycles. The number of hydrogen-bond donors (Lipinski definition) is 2. The number of nitrogens with zero attached hydrogens (tertiary/aromatic N) is 2. The smallest absolute Gasteiger partial charge is 0.243 e. The van der Waals surface area contributed by atoms with Crippen LogP contribution in [0.5, 0.6) is 5.75 Å². The number of likely N-dealkylation sites (N-methyl/N-ethyl adjacent to an activating group) is 1. The first-order chi connectivity index (χ1) is 12.1. The van der Waals surface area contributed by atoms with E-state index in [-0.39, 0.29) is 12.5 Å². The molecule has 1 aromatic rings. The highest BCUT2D eigenvalue weighted by Gasteiger charge is 2.04. The number of benzene rings is 1. The molecule has 0 aliphatic heterocycles. The number of carbonyl (C=O) groups is 1. The van der Waals surface area contributed by atoms with E-state index < -0.39 is 0 Å². The number of unbranched alkanes of at least 4 members (excludes halogenated alkanes) is 1. The molecule has 0 aliphatic rings. The summed E-state index contributed by atoms with van der Waals surface area (Å²) in [5.74, 6) is 1.57. The van der Waals surface area contributed by atoms with Gasteiger partial charge in [-0.3, -0.25) is 4.79 Å². The molecule has 0 atom stereocenters. The quantitative estimate of drug-likeness (QED) is 0.386. The maximum absolute atomic E-state index is 11.7. The fourth-order valence-electron chi connectivity index (χ4n) is 2.13. The number of amides is 1. The van der Waals surface area contributed by atoms with E-state index in [9.17, 15) is 4.79 Å². The van der Waals surface area contributed by atoms with Gasteiger partial charge < -0.3 is 20.3 Å². The average molecular weight is 348 g/mol. The van der Waals surface area contributed by atoms with E-state index in [1.54, 1.807) is 19.0 Å². The lowest BCUT2D eigenvalue weighted by atomic mass is 10.1. The zero-order valence-corrected chi connectivity index (χ0v) is 16.0. The minimum absolute atomic E-state index is 0.0130. The van der Waals surface area contributed by atoms with E-state index in [2.05, 4.69) is 34.7 Å². The van der Waals surface area contributed by atoms with Crippen molar-refractivity contribution in [3.63, 3.8) is 0 Å². The molecule has 0 saturated carbocycles. The molecule has 0 heterocycles. The summed E-state index contributed by atoms with van der Waals surface area (Å²) in [6.45, 7) is 6.52. The second kappa shape index (κ2) is 12.2. The molecule has 0 bridgehead atoms. The first-order valence-electron chi connectivity index (χ1n) is 9.00. The van der Waals surface area contributed by atoms with Gasteiger partial charge in [0.2, 0.25) is 5.91 Å². The number of hydrogen-bond acceptors (Lipinski definition) is 3. The third-order valence-electron chi connectivity index (χ3n) is 3.61. The number of aliphatic imine (C=N–C) groups is 1. The number of rotatable bonds is 10. The molecule has 140 valence electrons. The van der Waals surface area contributed by atoms with Crippen LogP contribution in [-0.4, -0.2) is 57.1 Å². The second-order valence-corrected chi connectivity index (χ2v) is 5.99. The lowest BCUT2D eigenvalue weighted by molar-refractivity contribution is -0.127. The topological polar surface area (TPSA) is 66.0 Å². The van der Waals surface area contributed by atoms with Gasteiger partial charge in [-0.15, -0.1) is 0 Å². The first-order valence-corrected chi connectivity index (χ1v) is 9.00. The molecule has 0 fully saturated rings. The maximum atomic E-state index is 11.7. The van der Waals surface area contributed by atoms with Crippen molar-refractivity contribution in [3.8, 4) is 5.75 Å². The van der Waals surface area contributed by atoms with Crippen LogP contribution in [0.1, 0.15) is 32.3 Å². The normalized spacial score (nSPS) is 11.1. The molecule has 2 N–H and O–H groups in total. The summed E-state index contributed by atoms with van der Waals surface area (Å²) in [4.78, 5) is 17.6. The molecule has 0 unspecified atom stereocenters. The Balaban J connectivity index is 2.54. The van der Waals surface area contributed by atoms with Crippen molar-refractivity contribution in [1.82, 2.24) is 15.5 Å². The van der Waals surface area contributed by atoms with Crippen LogP contribution in [0, 0.1) is 0 Å². The van der Waals surface area contributed by atoms with Crippen molar-refractivity contribution in [2.75, 3.05) is 40.3 Å². The molecule has 0 aliphatic carbocycles. The van der Waals surface area contributed by atoms with Gasteiger partial charge >= 0.3 is 0 Å². The molecule has 0 spiro atoms. The van der Waals surface area contributed by atoms with Crippen molar-refractivity contribution in [3.05, 3.63) is 29.8 Å². The van der Waals surface area contributed by atoms with E-state index >= 15 is 0 Å². The van der Waals surface area contributed by atoms with Gasteiger partial charge in [-0.05, 0) is 37.5 Å². The molecule has 1 aromatic carbocycles. The van der Waals surface area contributed by atoms with Gasteiger partial charge in [-0.1, -0.05) is 25.5 Å². The van der Waals surface area contributed by atoms with E-state index in [1.807, 2.05) is 19.1 Å². The van der Waals surface area contributed by atoms with Gasteiger partial charge in [0, 0.05) is 27.2 Å². The van der Waals surface area contributed by atoms with Gasteiger partial charge in [-0.25, -0.2) is 4.99 Å². The highest BCUT2D eigenvalue weighted by molar-refractivity contribution is 5.84. The lowest BCUT2D eigenvalue weighted by Crippen LogP contribution is -2.40. The van der Waals surface area contributed by atoms with Crippen molar-refractivity contribution >= 4 is 11.9 Å². The fraction of sp³-hybridized carbons (Fsp3) is 0.579. The average Bonchev–Trinajstić information content (AvgIpc) is 2.59. The predicted octanol–water partition coefficient (Wildman–Crippen LogP) is 2.05. The standard InChI is InChI=1S/C19H32N4O2/c1-5-7-12-20-19(22-15-18(24)23(3)4)21-13-11-16-9-8-10-17(14-16)25-6-2/h8-10,14H,5-7,11-13,15H2,1-4H3,(H2,20,21,22). The Hall–Kier alpha value is -2.24. The SMILES string of the molecule is CCCCNC(=NCC(=O)N(C)C)NCCc1cccc(OCC)c1. The zero-order chi connectivity index (χ0) is 18.5. The van der Waals surface area contributed by atoms with Crippen LogP contribution in [0.25, 0.3) is 0 Å². The van der Waals surface area contributed by atoms with Crippen LogP contribution in [0.3, 0.4) is 0 Å². The van der Waals surface area contributed by atoms with E-state index in [0.717, 1.165) is 38.1 Å². The summed E-state index contributed by atoms with van der Waals surface area (Å²) in [5, 5.41) is 6.58. The van der Waals surface area contributed by atoms with Crippen LogP contribution in [-0.2, 0) is 11.2 Å². The van der Waals surface area contributed by atoms with Crippen molar-refractivity contribution in [1.29, 1.82) is 0 Å². The number of nitrogens with one attached hydrogen (secondary N) is 2. The summed E-state index contributed by atoms with van der Waals surface area (Å²) in [6, 6.07) is 8.11. The predicted molar refractivity (Wildman–Crippen MR) is 103 cm³/mol. The van der Waals surface area contributed by atoms with Crippen molar-refractivity contribution in [2.45, 2.75) is 33.1 Å². The summed E-state index contributed by atoms with van der Waals surface area (Å²) in [6.07, 6.45) is 3.04. The summed E-state index contributed by atoms with van der Waals surface area (Å²) >= 11 is 0. The Morgan fingerprint density at radius 1 is 1.20 bits per heavy atom. The van der Waals surface area contributed by atoms with Crippen molar-refractivity contribution < 1.29 is 9.53 Å². The third-order valence-corrected chi connectivity index (χ3v) is 3.61. The lowest BCUT2D eigenvalue weighted by Gasteiger charge is -2.14. The summed E-state index contributed by atoms with van der Waals surface area (Å²) in [5.41, 5.74) is 1.20. The molecule has 0 saturated heterocycles. The maximum Gasteiger partial charge on any atom is 0.243 e. The Morgan fingerprint density at radius 2 is 1.96 bits per heavy atom. The number of carbonyl (C=O) groups excluding carboxylic acids is 1. The fourth-order valence-corrected chi connectivity index (χ4v) is 2.13. The zero-order valence-electron chi connectivity index (χ0n) is 16.0. The third kappa shape index (κ3) is 8.98. The van der Waals surface area contributed by atoms with Crippen LogP contribution in [0.2, 0.25) is 0 Å². The molecule has 0 radical (unpaired) electrons. The molecule has 1 rings (SSSR count). The number of guanidine groups is 1. The molecule has 1 amide bonds. The second-order valence-electron chi connectivity index (χ2n) is 5.99. The Kier molecular flexibility index (Phi) is 10.1. The van der Waals surface area contributed by atoms with E-state index in [4.69, 9.17) is 4.74 Å². The molecule has 25 heavy (non-hydrogen) atoms. The van der Waals surface area contributed by atoms with Crippen LogP contribution < -0.4 is 15.4 Å². The summed E-state index contributed by atoms with van der Waals surface area (Å²) < 4.78 is 5.53. The highest BCUT2D eigenvalue weighted by atomic mass is 16.5. The van der Waals surface area contributed by atoms with Crippen LogP contribution >= 0.6 is 0 Å². The van der Waals surface area contributed by atoms with Gasteiger partial charge in [0.05, 0.1) is 6.61 Å². The molecular formula is C19H32N4O2. The Labute approximate surface area is 151 Å². The van der Waals surface area contributed by atoms with E-state index in [1.165, 1.54) is 5.56 Å². The first kappa shape index (κ1) is 20.8. The van der Waals surface area contributed by atoms with Gasteiger partial charge in [0.15, 0.2) is 5.96 Å². The van der Waals surface area contributed by atoms with Gasteiger partial charge in [0.1, 0.15) is 12.3 Å². The molecule has 6 nitrogen and oxygen atoms in total. The van der Waals surface area contributed by atoms with Gasteiger partial charge in [0.25, 0.3) is 0 Å². The van der Waals surface area contributed by atoms with Crippen molar-refractivity contribution in [2.24, 2.45) is 4.99 Å². The van der Waals surface area contributed by atoms with Crippen LogP contribution in [0.15, 0.2) is 29.3 Å². The Bertz CT molecular complexity index is 544. The minimum atomic E-state index is -0.0130. The van der Waals surface area contributed by atoms with Gasteiger partial charge in [-0.2, -0.15) is 0 Å². The monoisotopic (exact) mass is 348 g/mol. The van der Waals surface area contributed by atoms with E-state index in [0.29, 0.717) is 12.6 Å². The largest absolute Gasteiger partial charge is 0.494 e. The highest BCUT2D eigenvalue weighted by Crippen LogP contribution is 2.13. The molecule has 6 heteroatoms. The Morgan fingerprint density at radius 3 is 2.64 bits per heavy atom. The molecular weight excluding hydrogens is 316 g/mol. The minimum Gasteiger partial charge on any atom is -0.494 e. The van der Waals surface area contributed by atoms with Crippen LogP contribution in [0.4, 0.5) is 0 Å².